The quantitative estimate of drug-likeness (QED) is 0.0679. The normalized spacial score (nSPS) is 14.9. The number of ether oxygens (including phenoxy) is 2. The van der Waals surface area contributed by atoms with Crippen LogP contribution in [0.3, 0.4) is 0 Å². The van der Waals surface area contributed by atoms with Gasteiger partial charge in [0, 0.05) is 0 Å². The van der Waals surface area contributed by atoms with E-state index in [2.05, 4.69) is 9.47 Å². The predicted molar refractivity (Wildman–Crippen MR) is 98.7 cm³/mol. The van der Waals surface area contributed by atoms with Crippen molar-refractivity contribution in [3.8, 4) is 18.7 Å². The number of rotatable bonds is 16. The van der Waals surface area contributed by atoms with E-state index in [0.29, 0.717) is 0 Å². The van der Waals surface area contributed by atoms with Crippen molar-refractivity contribution in [2.75, 3.05) is 26.4 Å². The number of halogens is 24. The van der Waals surface area contributed by atoms with Crippen LogP contribution in [0.25, 0.3) is 0 Å². The Balaban J connectivity index is 5.20. The van der Waals surface area contributed by atoms with E-state index in [-0.39, 0.29) is 0 Å². The molecule has 0 radical (unpaired) electrons. The van der Waals surface area contributed by atoms with Gasteiger partial charge in [-0.15, -0.1) is 0 Å². The second-order valence-electron chi connectivity index (χ2n) is 8.57. The Bertz CT molecular complexity index is 1080. The van der Waals surface area contributed by atoms with Gasteiger partial charge in [0.05, 0.1) is 0 Å². The Hall–Kier alpha value is -1.70. The summed E-state index contributed by atoms with van der Waals surface area (Å²) in [5.74, 6) is -69.8. The summed E-state index contributed by atoms with van der Waals surface area (Å²) < 4.78 is 324. The Morgan fingerprint density at radius 2 is 0.660 bits per heavy atom. The summed E-state index contributed by atoms with van der Waals surface area (Å²) in [6.07, 6.45) is -11.4. The van der Waals surface area contributed by atoms with Gasteiger partial charge in [-0.3, -0.25) is 0 Å². The molecule has 0 aliphatic rings. The fourth-order valence-electron chi connectivity index (χ4n) is 2.46. The molecule has 0 bridgehead atoms. The second-order valence-corrected chi connectivity index (χ2v) is 12.7. The first kappa shape index (κ1) is 45.3. The summed E-state index contributed by atoms with van der Waals surface area (Å²) in [5.41, 5.74) is 0. The zero-order chi connectivity index (χ0) is 37.9. The number of hydrogen-bond acceptors (Lipinski definition) is 2. The molecule has 0 aliphatic heterocycles. The molecule has 0 saturated heterocycles. The topological polar surface area (TPSA) is 18.5 Å². The predicted octanol–water partition coefficient (Wildman–Crippen LogP) is 7.91. The number of hydrogen-bond donors (Lipinski definition) is 0. The third-order valence-corrected chi connectivity index (χ3v) is 8.54. The van der Waals surface area contributed by atoms with Gasteiger partial charge in [-0.2, -0.15) is 0 Å². The van der Waals surface area contributed by atoms with Crippen LogP contribution >= 0.6 is 0 Å². The molecule has 272 valence electrons. The molecule has 47 heavy (non-hydrogen) atoms. The van der Waals surface area contributed by atoms with Crippen molar-refractivity contribution in [2.24, 2.45) is 0 Å². The molecule has 2 nitrogen and oxygen atoms in total. The average molecular weight is 939 g/mol. The molecule has 0 fully saturated rings. The summed E-state index contributed by atoms with van der Waals surface area (Å²) in [6.45, 7) is -8.77. The Morgan fingerprint density at radius 3 is 0.894 bits per heavy atom. The summed E-state index contributed by atoms with van der Waals surface area (Å²) in [7, 11) is 0. The van der Waals surface area contributed by atoms with Crippen molar-refractivity contribution < 1.29 is 139 Å². The van der Waals surface area contributed by atoms with Crippen molar-refractivity contribution in [2.45, 2.75) is 72.1 Å². The third-order valence-electron chi connectivity index (χ3n) is 5.22. The zero-order valence-corrected chi connectivity index (χ0v) is 27.1. The van der Waals surface area contributed by atoms with Gasteiger partial charge in [0.2, 0.25) is 0 Å². The van der Waals surface area contributed by atoms with Crippen LogP contribution in [0.5, 0.6) is 0 Å². The van der Waals surface area contributed by atoms with Crippen molar-refractivity contribution in [3.63, 3.8) is 0 Å². The van der Waals surface area contributed by atoms with Crippen LogP contribution < -0.4 is 0 Å². The van der Waals surface area contributed by atoms with E-state index in [9.17, 15) is 105 Å². The Kier molecular flexibility index (Phi) is 14.1. The van der Waals surface area contributed by atoms with Crippen LogP contribution in [0, 0.1) is 18.7 Å². The Morgan fingerprint density at radius 1 is 0.404 bits per heavy atom. The van der Waals surface area contributed by atoms with Crippen molar-refractivity contribution in [1.82, 2.24) is 0 Å². The van der Waals surface area contributed by atoms with Crippen LogP contribution in [0.4, 0.5) is 105 Å². The molecular formula is C20H10F24HgO2. The summed E-state index contributed by atoms with van der Waals surface area (Å²) in [6, 6.07) is 0. The van der Waals surface area contributed by atoms with E-state index in [4.69, 9.17) is 0 Å². The molecule has 0 heterocycles. The van der Waals surface area contributed by atoms with Gasteiger partial charge in [-0.05, 0) is 0 Å². The summed E-state index contributed by atoms with van der Waals surface area (Å²) >= 11 is -2.99. The fourth-order valence-corrected chi connectivity index (χ4v) is 4.57. The van der Waals surface area contributed by atoms with Crippen molar-refractivity contribution in [1.29, 1.82) is 0 Å². The molecule has 0 rings (SSSR count). The van der Waals surface area contributed by atoms with Gasteiger partial charge < -0.3 is 0 Å². The molecule has 0 saturated carbocycles. The van der Waals surface area contributed by atoms with Crippen LogP contribution in [-0.2, 0) is 34.0 Å². The molecule has 0 aliphatic carbocycles. The van der Waals surface area contributed by atoms with Crippen LogP contribution in [-0.4, -0.2) is 98.5 Å². The molecule has 0 aromatic carbocycles. The average Bonchev–Trinajstić information content (AvgIpc) is 2.90. The van der Waals surface area contributed by atoms with E-state index >= 15 is 0 Å². The summed E-state index contributed by atoms with van der Waals surface area (Å²) in [5, 5.41) is 0. The minimum atomic E-state index is -7.79. The first-order valence-corrected chi connectivity index (χ1v) is 16.5. The van der Waals surface area contributed by atoms with Crippen LogP contribution in [0.15, 0.2) is 0 Å². The second kappa shape index (κ2) is 14.6. The van der Waals surface area contributed by atoms with E-state index in [1.165, 1.54) is 0 Å². The van der Waals surface area contributed by atoms with Gasteiger partial charge in [-0.1, -0.05) is 0 Å². The number of alkyl halides is 24. The van der Waals surface area contributed by atoms with Crippen molar-refractivity contribution >= 4 is 0 Å². The van der Waals surface area contributed by atoms with E-state index < -0.39 is 123 Å². The molecule has 0 aromatic heterocycles. The standard InChI is InChI=1S/2C10H5F12O.Hg/c2*1-2-3-23-4-6(13,14)8(17,18)10(21,22)9(19,20)7(15,16)5(11)12;/h2*5H,3-4H2;. The molecular weight excluding hydrogens is 929 g/mol. The maximum atomic E-state index is 13.5. The molecule has 0 N–H and O–H groups in total. The zero-order valence-electron chi connectivity index (χ0n) is 21.6. The van der Waals surface area contributed by atoms with Gasteiger partial charge in [0.1, 0.15) is 0 Å². The molecule has 0 unspecified atom stereocenters. The fraction of sp³-hybridized carbons (Fsp3) is 0.800. The van der Waals surface area contributed by atoms with Crippen LogP contribution in [0.2, 0.25) is 0 Å². The van der Waals surface area contributed by atoms with Gasteiger partial charge in [-0.25, -0.2) is 0 Å². The van der Waals surface area contributed by atoms with E-state index in [0.717, 1.165) is 0 Å². The first-order valence-electron chi connectivity index (χ1n) is 11.0. The van der Waals surface area contributed by atoms with Crippen molar-refractivity contribution in [3.05, 3.63) is 0 Å². The molecule has 0 atom stereocenters. The molecule has 0 aromatic rings. The monoisotopic (exact) mass is 940 g/mol. The van der Waals surface area contributed by atoms with Crippen LogP contribution in [0.1, 0.15) is 0 Å². The van der Waals surface area contributed by atoms with Gasteiger partial charge in [0.15, 0.2) is 0 Å². The maximum absolute atomic E-state index is 13.5. The molecule has 0 spiro atoms. The van der Waals surface area contributed by atoms with E-state index in [1.807, 2.05) is 6.86 Å². The minimum absolute atomic E-state index is 1.44. The van der Waals surface area contributed by atoms with Gasteiger partial charge >= 0.3 is 257 Å². The molecule has 27 heteroatoms. The SMILES string of the molecule is FC(F)C(F)(F)C(F)(F)C(F)(F)C(F)(F)C(F)(F)COCC#[C][Hg][C]#CCOCC(F)(F)C(F)(F)C(F)(F)C(F)(F)C(F)(F)C(F)F. The molecule has 0 amide bonds. The summed E-state index contributed by atoms with van der Waals surface area (Å²) in [4.78, 5) is 0. The van der Waals surface area contributed by atoms with E-state index in [1.54, 1.807) is 11.8 Å². The first-order chi connectivity index (χ1) is 20.6. The Labute approximate surface area is 256 Å². The third kappa shape index (κ3) is 8.20. The van der Waals surface area contributed by atoms with Gasteiger partial charge in [0.25, 0.3) is 0 Å².